The third kappa shape index (κ3) is 2.03. The molecule has 77 valence electrons. The monoisotopic (exact) mass is 203 g/mol. The van der Waals surface area contributed by atoms with Crippen molar-refractivity contribution < 1.29 is 9.90 Å². The van der Waals surface area contributed by atoms with Crippen molar-refractivity contribution in [2.75, 3.05) is 0 Å². The zero-order valence-corrected chi connectivity index (χ0v) is 8.23. The molecule has 0 aliphatic heterocycles. The summed E-state index contributed by atoms with van der Waals surface area (Å²) < 4.78 is 0. The van der Waals surface area contributed by atoms with Gasteiger partial charge in [0.25, 0.3) is 0 Å². The fourth-order valence-electron chi connectivity index (χ4n) is 1.85. The molecule has 15 heavy (non-hydrogen) atoms. The molecule has 1 heterocycles. The minimum atomic E-state index is -0.830. The molecule has 0 amide bonds. The third-order valence-corrected chi connectivity index (χ3v) is 2.57. The van der Waals surface area contributed by atoms with Crippen molar-refractivity contribution in [1.29, 1.82) is 0 Å². The third-order valence-electron chi connectivity index (χ3n) is 2.57. The number of aromatic nitrogens is 2. The Balaban J connectivity index is 2.44. The second kappa shape index (κ2) is 4.21. The Kier molecular flexibility index (Phi) is 2.76. The van der Waals surface area contributed by atoms with E-state index in [2.05, 4.69) is 16.3 Å². The van der Waals surface area contributed by atoms with Gasteiger partial charge in [-0.15, -0.1) is 0 Å². The van der Waals surface area contributed by atoms with Gasteiger partial charge < -0.3 is 5.11 Å². The number of carboxylic acid groups (broad SMARTS) is 1. The maximum Gasteiger partial charge on any atom is 0.331 e. The molecule has 0 spiro atoms. The van der Waals surface area contributed by atoms with E-state index in [-0.39, 0.29) is 0 Å². The lowest BCUT2D eigenvalue weighted by atomic mass is 9.90. The summed E-state index contributed by atoms with van der Waals surface area (Å²) >= 11 is 0. The van der Waals surface area contributed by atoms with Crippen molar-refractivity contribution in [1.82, 2.24) is 9.97 Å². The van der Waals surface area contributed by atoms with Gasteiger partial charge in [-0.3, -0.25) is 0 Å². The van der Waals surface area contributed by atoms with Crippen molar-refractivity contribution >= 4 is 11.5 Å². The van der Waals surface area contributed by atoms with Gasteiger partial charge in [-0.05, 0) is 37.3 Å². The van der Waals surface area contributed by atoms with Gasteiger partial charge in [0.2, 0.25) is 0 Å². The molecule has 0 saturated carbocycles. The van der Waals surface area contributed by atoms with Crippen molar-refractivity contribution in [2.24, 2.45) is 0 Å². The first-order valence-electron chi connectivity index (χ1n) is 4.94. The number of allylic oxidation sites excluding steroid dienone is 1. The molecule has 0 saturated heterocycles. The molecule has 1 aliphatic carbocycles. The molecular formula is C11H11N2O2. The van der Waals surface area contributed by atoms with Crippen molar-refractivity contribution in [3.63, 3.8) is 0 Å². The fourth-order valence-corrected chi connectivity index (χ4v) is 1.85. The summed E-state index contributed by atoms with van der Waals surface area (Å²) in [5.41, 5.74) is 2.03. The number of carboxylic acids is 1. The van der Waals surface area contributed by atoms with Crippen LogP contribution in [0.3, 0.4) is 0 Å². The van der Waals surface area contributed by atoms with E-state index in [1.165, 1.54) is 0 Å². The van der Waals surface area contributed by atoms with Gasteiger partial charge in [0.1, 0.15) is 0 Å². The van der Waals surface area contributed by atoms with Gasteiger partial charge >= 0.3 is 5.97 Å². The number of rotatable bonds is 2. The van der Waals surface area contributed by atoms with E-state index in [4.69, 9.17) is 5.11 Å². The topological polar surface area (TPSA) is 63.1 Å². The number of aliphatic carboxylic acids is 1. The van der Waals surface area contributed by atoms with E-state index in [9.17, 15) is 4.79 Å². The minimum absolute atomic E-state index is 0.494. The summed E-state index contributed by atoms with van der Waals surface area (Å²) in [5.74, 6) is -0.830. The van der Waals surface area contributed by atoms with Crippen LogP contribution in [0, 0.1) is 6.33 Å². The Morgan fingerprint density at radius 3 is 2.87 bits per heavy atom. The van der Waals surface area contributed by atoms with Gasteiger partial charge in [0, 0.05) is 11.8 Å². The number of hydrogen-bond acceptors (Lipinski definition) is 3. The van der Waals surface area contributed by atoms with E-state index in [0.29, 0.717) is 17.7 Å². The van der Waals surface area contributed by atoms with Gasteiger partial charge in [0.05, 0.1) is 5.69 Å². The summed E-state index contributed by atoms with van der Waals surface area (Å²) in [5, 5.41) is 9.06. The molecule has 1 aromatic heterocycles. The highest BCUT2D eigenvalue weighted by Crippen LogP contribution is 2.30. The quantitative estimate of drug-likeness (QED) is 0.794. The molecule has 4 heteroatoms. The van der Waals surface area contributed by atoms with Crippen LogP contribution in [0.5, 0.6) is 0 Å². The number of nitrogens with zero attached hydrogens (tertiary/aromatic N) is 2. The predicted molar refractivity (Wildman–Crippen MR) is 53.9 cm³/mol. The smallest absolute Gasteiger partial charge is 0.331 e. The largest absolute Gasteiger partial charge is 0.478 e. The van der Waals surface area contributed by atoms with E-state index < -0.39 is 5.97 Å². The van der Waals surface area contributed by atoms with Crippen molar-refractivity contribution in [3.8, 4) is 0 Å². The molecule has 0 atom stereocenters. The molecule has 0 unspecified atom stereocenters. The second-order valence-corrected chi connectivity index (χ2v) is 3.51. The molecule has 0 fully saturated rings. The molecule has 1 aliphatic rings. The normalized spacial score (nSPS) is 16.5. The lowest BCUT2D eigenvalue weighted by molar-refractivity contribution is -0.132. The molecule has 0 bridgehead atoms. The summed E-state index contributed by atoms with van der Waals surface area (Å²) in [6.45, 7) is 0. The Morgan fingerprint density at radius 1 is 1.40 bits per heavy atom. The van der Waals surface area contributed by atoms with E-state index >= 15 is 0 Å². The van der Waals surface area contributed by atoms with Crippen LogP contribution in [0.4, 0.5) is 0 Å². The van der Waals surface area contributed by atoms with Crippen molar-refractivity contribution in [2.45, 2.75) is 25.7 Å². The lowest BCUT2D eigenvalue weighted by Crippen LogP contribution is -2.09. The zero-order valence-electron chi connectivity index (χ0n) is 8.23. The van der Waals surface area contributed by atoms with Crippen LogP contribution < -0.4 is 0 Å². The minimum Gasteiger partial charge on any atom is -0.478 e. The van der Waals surface area contributed by atoms with Crippen LogP contribution in [-0.2, 0) is 4.79 Å². The number of hydrogen-bond donors (Lipinski definition) is 1. The standard InChI is InChI=1S/C11H11N2O2/c14-11(15)9-4-2-1-3-8(9)10-5-6-12-7-13-10/h5-6H,1-4H2,(H,14,15). The first-order valence-corrected chi connectivity index (χ1v) is 4.94. The first kappa shape index (κ1) is 9.83. The van der Waals surface area contributed by atoms with E-state index in [1.807, 2.05) is 0 Å². The fraction of sp³-hybridized carbons (Fsp3) is 0.364. The summed E-state index contributed by atoms with van der Waals surface area (Å²) in [6.07, 6.45) is 7.46. The van der Waals surface area contributed by atoms with Gasteiger partial charge in [0.15, 0.2) is 6.33 Å². The zero-order chi connectivity index (χ0) is 10.7. The number of carbonyl (C=O) groups is 1. The van der Waals surface area contributed by atoms with E-state index in [1.54, 1.807) is 12.3 Å². The SMILES string of the molecule is O=C(O)C1=C(c2ccn[c]n2)CCCC1. The summed E-state index contributed by atoms with van der Waals surface area (Å²) in [4.78, 5) is 18.7. The van der Waals surface area contributed by atoms with Gasteiger partial charge in [-0.25, -0.2) is 14.8 Å². The van der Waals surface area contributed by atoms with Crippen LogP contribution in [0.1, 0.15) is 31.4 Å². The molecule has 0 aromatic carbocycles. The summed E-state index contributed by atoms with van der Waals surface area (Å²) in [6, 6.07) is 1.74. The van der Waals surface area contributed by atoms with Crippen molar-refractivity contribution in [3.05, 3.63) is 29.9 Å². The van der Waals surface area contributed by atoms with E-state index in [0.717, 1.165) is 24.8 Å². The molecule has 1 aromatic rings. The van der Waals surface area contributed by atoms with Crippen LogP contribution in [0.2, 0.25) is 0 Å². The highest BCUT2D eigenvalue weighted by molar-refractivity contribution is 5.96. The van der Waals surface area contributed by atoms with Gasteiger partial charge in [-0.1, -0.05) is 0 Å². The first-order chi connectivity index (χ1) is 7.29. The second-order valence-electron chi connectivity index (χ2n) is 3.51. The molecule has 1 N–H and O–H groups in total. The highest BCUT2D eigenvalue weighted by atomic mass is 16.4. The molecular weight excluding hydrogens is 192 g/mol. The lowest BCUT2D eigenvalue weighted by Gasteiger charge is -2.16. The van der Waals surface area contributed by atoms with Crippen LogP contribution >= 0.6 is 0 Å². The van der Waals surface area contributed by atoms with Crippen LogP contribution in [-0.4, -0.2) is 21.0 Å². The highest BCUT2D eigenvalue weighted by Gasteiger charge is 2.20. The van der Waals surface area contributed by atoms with Crippen LogP contribution in [0.25, 0.3) is 5.57 Å². The average Bonchev–Trinajstić information content (AvgIpc) is 2.30. The van der Waals surface area contributed by atoms with Crippen LogP contribution in [0.15, 0.2) is 17.8 Å². The predicted octanol–water partition coefficient (Wildman–Crippen LogP) is 1.69. The maximum atomic E-state index is 11.0. The average molecular weight is 203 g/mol. The Morgan fingerprint density at radius 2 is 2.20 bits per heavy atom. The Labute approximate surface area is 87.7 Å². The Bertz CT molecular complexity index is 398. The molecule has 1 radical (unpaired) electrons. The summed E-state index contributed by atoms with van der Waals surface area (Å²) in [7, 11) is 0. The Hall–Kier alpha value is -1.71. The van der Waals surface area contributed by atoms with Gasteiger partial charge in [-0.2, -0.15) is 0 Å². The molecule has 2 rings (SSSR count). The maximum absolute atomic E-state index is 11.0. The molecule has 4 nitrogen and oxygen atoms in total.